The molecule has 0 aliphatic heterocycles. The topological polar surface area (TPSA) is 20.2 Å². The zero-order chi connectivity index (χ0) is 12.1. The summed E-state index contributed by atoms with van der Waals surface area (Å²) in [6.07, 6.45) is 9.83. The van der Waals surface area contributed by atoms with Crippen LogP contribution in [0.2, 0.25) is 0 Å². The van der Waals surface area contributed by atoms with Crippen LogP contribution in [-0.4, -0.2) is 11.4 Å². The molecule has 1 atom stereocenters. The number of allylic oxidation sites excluding steroid dienone is 1. The molecule has 1 nitrogen and oxygen atoms in total. The maximum Gasteiger partial charge on any atom is 0.101 e. The van der Waals surface area contributed by atoms with E-state index in [2.05, 4.69) is 18.4 Å². The zero-order valence-corrected chi connectivity index (χ0v) is 11.2. The van der Waals surface area contributed by atoms with Crippen LogP contribution in [0.15, 0.2) is 40.8 Å². The van der Waals surface area contributed by atoms with Gasteiger partial charge in [-0.3, -0.25) is 0 Å². The summed E-state index contributed by atoms with van der Waals surface area (Å²) in [4.78, 5) is 1.19. The first kappa shape index (κ1) is 12.7. The predicted octanol–water partition coefficient (Wildman–Crippen LogP) is 4.33. The quantitative estimate of drug-likeness (QED) is 0.634. The van der Waals surface area contributed by atoms with Gasteiger partial charge in [-0.05, 0) is 49.1 Å². The molecule has 17 heavy (non-hydrogen) atoms. The maximum absolute atomic E-state index is 10.5. The molecule has 1 unspecified atom stereocenters. The number of hydrogen-bond donors (Lipinski definition) is 1. The van der Waals surface area contributed by atoms with Gasteiger partial charge in [0.1, 0.15) is 6.10 Å². The highest BCUT2D eigenvalue weighted by molar-refractivity contribution is 7.98. The van der Waals surface area contributed by atoms with E-state index >= 15 is 0 Å². The molecule has 1 aliphatic carbocycles. The SMILES string of the molecule is CSc1ccccc1C(O)C1=CCCCCC1. The van der Waals surface area contributed by atoms with Gasteiger partial charge >= 0.3 is 0 Å². The van der Waals surface area contributed by atoms with E-state index in [1.807, 2.05) is 18.2 Å². The summed E-state index contributed by atoms with van der Waals surface area (Å²) < 4.78 is 0. The Hall–Kier alpha value is -0.730. The molecule has 1 N–H and O–H groups in total. The lowest BCUT2D eigenvalue weighted by Crippen LogP contribution is -2.03. The molecule has 1 aromatic rings. The van der Waals surface area contributed by atoms with Crippen molar-refractivity contribution in [2.24, 2.45) is 0 Å². The third-order valence-corrected chi connectivity index (χ3v) is 4.17. The second-order valence-corrected chi connectivity index (χ2v) is 5.37. The molecule has 0 amide bonds. The summed E-state index contributed by atoms with van der Waals surface area (Å²) in [5.74, 6) is 0. The smallest absolute Gasteiger partial charge is 0.101 e. The Morgan fingerprint density at radius 2 is 2.00 bits per heavy atom. The lowest BCUT2D eigenvalue weighted by atomic mass is 9.98. The van der Waals surface area contributed by atoms with Crippen molar-refractivity contribution in [3.8, 4) is 0 Å². The van der Waals surface area contributed by atoms with Gasteiger partial charge in [0.25, 0.3) is 0 Å². The van der Waals surface area contributed by atoms with Crippen LogP contribution < -0.4 is 0 Å². The highest BCUT2D eigenvalue weighted by atomic mass is 32.2. The molecular weight excluding hydrogens is 228 g/mol. The Kier molecular flexibility index (Phi) is 4.69. The maximum atomic E-state index is 10.5. The largest absolute Gasteiger partial charge is 0.384 e. The first-order valence-corrected chi connectivity index (χ1v) is 7.55. The van der Waals surface area contributed by atoms with Crippen LogP contribution in [0.5, 0.6) is 0 Å². The molecule has 1 aromatic carbocycles. The van der Waals surface area contributed by atoms with Crippen LogP contribution in [0, 0.1) is 0 Å². The van der Waals surface area contributed by atoms with Gasteiger partial charge in [-0.15, -0.1) is 11.8 Å². The molecular formula is C15H20OS. The third kappa shape index (κ3) is 3.14. The molecule has 0 radical (unpaired) electrons. The van der Waals surface area contributed by atoms with Crippen molar-refractivity contribution in [3.05, 3.63) is 41.5 Å². The summed E-state index contributed by atoms with van der Waals surface area (Å²) in [5.41, 5.74) is 2.28. The minimum Gasteiger partial charge on any atom is -0.384 e. The molecule has 0 fully saturated rings. The van der Waals surface area contributed by atoms with Gasteiger partial charge in [0, 0.05) is 4.90 Å². The molecule has 0 heterocycles. The summed E-state index contributed by atoms with van der Waals surface area (Å²) in [6, 6.07) is 8.17. The molecule has 2 rings (SSSR count). The van der Waals surface area contributed by atoms with Crippen molar-refractivity contribution < 1.29 is 5.11 Å². The van der Waals surface area contributed by atoms with E-state index in [1.54, 1.807) is 11.8 Å². The van der Waals surface area contributed by atoms with E-state index in [0.29, 0.717) is 0 Å². The lowest BCUT2D eigenvalue weighted by molar-refractivity contribution is 0.208. The first-order valence-electron chi connectivity index (χ1n) is 6.33. The van der Waals surface area contributed by atoms with Crippen molar-refractivity contribution in [2.75, 3.05) is 6.26 Å². The average Bonchev–Trinajstić information content (AvgIpc) is 2.66. The van der Waals surface area contributed by atoms with E-state index in [1.165, 1.54) is 29.7 Å². The number of aliphatic hydroxyl groups is 1. The molecule has 0 aromatic heterocycles. The summed E-state index contributed by atoms with van der Waals surface area (Å²) in [7, 11) is 0. The number of rotatable bonds is 3. The Balaban J connectivity index is 2.23. The van der Waals surface area contributed by atoms with Crippen LogP contribution in [0.1, 0.15) is 43.8 Å². The molecule has 2 heteroatoms. The summed E-state index contributed by atoms with van der Waals surface area (Å²) in [5, 5.41) is 10.5. The van der Waals surface area contributed by atoms with E-state index in [-0.39, 0.29) is 0 Å². The second kappa shape index (κ2) is 6.27. The third-order valence-electron chi connectivity index (χ3n) is 3.36. The Labute approximate surface area is 108 Å². The highest BCUT2D eigenvalue weighted by Crippen LogP contribution is 2.33. The summed E-state index contributed by atoms with van der Waals surface area (Å²) >= 11 is 1.71. The Morgan fingerprint density at radius 1 is 1.18 bits per heavy atom. The van der Waals surface area contributed by atoms with Crippen LogP contribution in [-0.2, 0) is 0 Å². The standard InChI is InChI=1S/C15H20OS/c1-17-14-11-7-6-10-13(14)15(16)12-8-4-2-3-5-9-12/h6-8,10-11,15-16H,2-5,9H2,1H3. The summed E-state index contributed by atoms with van der Waals surface area (Å²) in [6.45, 7) is 0. The van der Waals surface area contributed by atoms with Crippen molar-refractivity contribution in [1.29, 1.82) is 0 Å². The van der Waals surface area contributed by atoms with Crippen LogP contribution in [0.4, 0.5) is 0 Å². The minimum atomic E-state index is -0.406. The first-order chi connectivity index (χ1) is 8.33. The number of benzene rings is 1. The Bertz CT molecular complexity index is 398. The van der Waals surface area contributed by atoms with E-state index in [0.717, 1.165) is 18.4 Å². The van der Waals surface area contributed by atoms with Crippen molar-refractivity contribution in [3.63, 3.8) is 0 Å². The van der Waals surface area contributed by atoms with Crippen molar-refractivity contribution in [1.82, 2.24) is 0 Å². The molecule has 0 saturated carbocycles. The average molecular weight is 248 g/mol. The van der Waals surface area contributed by atoms with Gasteiger partial charge < -0.3 is 5.11 Å². The fraction of sp³-hybridized carbons (Fsp3) is 0.467. The molecule has 0 spiro atoms. The normalized spacial score (nSPS) is 18.4. The van der Waals surface area contributed by atoms with E-state index in [4.69, 9.17) is 0 Å². The zero-order valence-electron chi connectivity index (χ0n) is 10.4. The van der Waals surface area contributed by atoms with Crippen LogP contribution >= 0.6 is 11.8 Å². The molecule has 0 saturated heterocycles. The highest BCUT2D eigenvalue weighted by Gasteiger charge is 2.17. The number of aliphatic hydroxyl groups excluding tert-OH is 1. The fourth-order valence-electron chi connectivity index (χ4n) is 2.38. The number of hydrogen-bond acceptors (Lipinski definition) is 2. The van der Waals surface area contributed by atoms with Gasteiger partial charge in [0.15, 0.2) is 0 Å². The van der Waals surface area contributed by atoms with Crippen LogP contribution in [0.25, 0.3) is 0 Å². The Morgan fingerprint density at radius 3 is 2.82 bits per heavy atom. The van der Waals surface area contributed by atoms with Crippen LogP contribution in [0.3, 0.4) is 0 Å². The van der Waals surface area contributed by atoms with Gasteiger partial charge in [0.2, 0.25) is 0 Å². The second-order valence-electron chi connectivity index (χ2n) is 4.52. The molecule has 1 aliphatic rings. The monoisotopic (exact) mass is 248 g/mol. The van der Waals surface area contributed by atoms with Crippen molar-refractivity contribution in [2.45, 2.75) is 43.1 Å². The minimum absolute atomic E-state index is 0.406. The lowest BCUT2D eigenvalue weighted by Gasteiger charge is -2.17. The van der Waals surface area contributed by atoms with E-state index < -0.39 is 6.10 Å². The van der Waals surface area contributed by atoms with Gasteiger partial charge in [-0.25, -0.2) is 0 Å². The molecule has 0 bridgehead atoms. The van der Waals surface area contributed by atoms with Gasteiger partial charge in [0.05, 0.1) is 0 Å². The number of thioether (sulfide) groups is 1. The van der Waals surface area contributed by atoms with E-state index in [9.17, 15) is 5.11 Å². The fourth-order valence-corrected chi connectivity index (χ4v) is 3.01. The van der Waals surface area contributed by atoms with Gasteiger partial charge in [-0.2, -0.15) is 0 Å². The van der Waals surface area contributed by atoms with Gasteiger partial charge in [-0.1, -0.05) is 30.7 Å². The molecule has 92 valence electrons. The van der Waals surface area contributed by atoms with Crippen molar-refractivity contribution >= 4 is 11.8 Å². The predicted molar refractivity (Wildman–Crippen MR) is 74.4 cm³/mol.